The van der Waals surface area contributed by atoms with Crippen molar-refractivity contribution in [3.63, 3.8) is 0 Å². The molecule has 3 rings (SSSR count). The average Bonchev–Trinajstić information content (AvgIpc) is 3.09. The number of carbonyl (C=O) groups is 1. The third-order valence-corrected chi connectivity index (χ3v) is 4.82. The van der Waals surface area contributed by atoms with E-state index in [9.17, 15) is 4.79 Å². The normalized spacial score (nSPS) is 18.0. The zero-order valence-corrected chi connectivity index (χ0v) is 15.5. The van der Waals surface area contributed by atoms with Crippen LogP contribution in [-0.2, 0) is 11.3 Å². The molecule has 26 heavy (non-hydrogen) atoms. The minimum absolute atomic E-state index is 0.0558. The first-order chi connectivity index (χ1) is 12.7. The second-order valence-electron chi connectivity index (χ2n) is 6.51. The summed E-state index contributed by atoms with van der Waals surface area (Å²) in [5, 5.41) is 13.4. The SMILES string of the molecule is CCN(CC)Cc1cnc2c(C(=O)N3CCOC(CCO)C3)cnn2c1. The van der Waals surface area contributed by atoms with Crippen LogP contribution in [0.15, 0.2) is 18.6 Å². The molecule has 0 saturated carbocycles. The van der Waals surface area contributed by atoms with Crippen molar-refractivity contribution < 1.29 is 14.6 Å². The number of aliphatic hydroxyl groups excluding tert-OH is 1. The first-order valence-electron chi connectivity index (χ1n) is 9.22. The van der Waals surface area contributed by atoms with Crippen molar-refractivity contribution in [2.75, 3.05) is 39.4 Å². The molecule has 3 heterocycles. The number of nitrogens with zero attached hydrogens (tertiary/aromatic N) is 5. The van der Waals surface area contributed by atoms with Crippen LogP contribution in [0.3, 0.4) is 0 Å². The number of ether oxygens (including phenoxy) is 1. The minimum Gasteiger partial charge on any atom is -0.396 e. The van der Waals surface area contributed by atoms with E-state index >= 15 is 0 Å². The lowest BCUT2D eigenvalue weighted by atomic mass is 10.2. The molecule has 2 aromatic rings. The molecule has 1 aliphatic rings. The van der Waals surface area contributed by atoms with Crippen molar-refractivity contribution in [2.24, 2.45) is 0 Å². The van der Waals surface area contributed by atoms with Crippen molar-refractivity contribution in [2.45, 2.75) is 32.9 Å². The Morgan fingerprint density at radius 1 is 1.38 bits per heavy atom. The first kappa shape index (κ1) is 18.8. The van der Waals surface area contributed by atoms with E-state index in [-0.39, 0.29) is 18.6 Å². The fraction of sp³-hybridized carbons (Fsp3) is 0.611. The monoisotopic (exact) mass is 361 g/mol. The topological polar surface area (TPSA) is 83.2 Å². The summed E-state index contributed by atoms with van der Waals surface area (Å²) in [6.07, 6.45) is 5.76. The Kier molecular flexibility index (Phi) is 6.18. The number of aliphatic hydroxyl groups is 1. The van der Waals surface area contributed by atoms with Gasteiger partial charge >= 0.3 is 0 Å². The molecule has 0 aromatic carbocycles. The van der Waals surface area contributed by atoms with Gasteiger partial charge in [0.2, 0.25) is 0 Å². The van der Waals surface area contributed by atoms with Crippen LogP contribution in [-0.4, -0.2) is 80.9 Å². The Morgan fingerprint density at radius 3 is 2.92 bits per heavy atom. The van der Waals surface area contributed by atoms with E-state index in [4.69, 9.17) is 9.84 Å². The number of rotatable bonds is 7. The maximum Gasteiger partial charge on any atom is 0.259 e. The molecule has 0 spiro atoms. The van der Waals surface area contributed by atoms with Crippen LogP contribution in [0.25, 0.3) is 5.65 Å². The third kappa shape index (κ3) is 4.03. The molecule has 1 N–H and O–H groups in total. The third-order valence-electron chi connectivity index (χ3n) is 4.82. The molecular weight excluding hydrogens is 334 g/mol. The first-order valence-corrected chi connectivity index (χ1v) is 9.22. The molecule has 1 aliphatic heterocycles. The van der Waals surface area contributed by atoms with Crippen molar-refractivity contribution >= 4 is 11.6 Å². The lowest BCUT2D eigenvalue weighted by Gasteiger charge is -2.32. The van der Waals surface area contributed by atoms with E-state index in [1.807, 2.05) is 12.4 Å². The van der Waals surface area contributed by atoms with Gasteiger partial charge in [-0.1, -0.05) is 13.8 Å². The van der Waals surface area contributed by atoms with Crippen LogP contribution in [0, 0.1) is 0 Å². The summed E-state index contributed by atoms with van der Waals surface area (Å²) in [5.74, 6) is -0.0877. The summed E-state index contributed by atoms with van der Waals surface area (Å²) in [7, 11) is 0. The van der Waals surface area contributed by atoms with Gasteiger partial charge in [0.25, 0.3) is 5.91 Å². The molecule has 1 saturated heterocycles. The number of amides is 1. The number of carbonyl (C=O) groups excluding carboxylic acids is 1. The van der Waals surface area contributed by atoms with Crippen molar-refractivity contribution in [1.29, 1.82) is 0 Å². The van der Waals surface area contributed by atoms with E-state index < -0.39 is 0 Å². The van der Waals surface area contributed by atoms with Crippen LogP contribution >= 0.6 is 0 Å². The van der Waals surface area contributed by atoms with Gasteiger partial charge in [-0.2, -0.15) is 5.10 Å². The molecule has 1 amide bonds. The Balaban J connectivity index is 1.77. The maximum absolute atomic E-state index is 12.9. The fourth-order valence-corrected chi connectivity index (χ4v) is 3.24. The standard InChI is InChI=1S/C18H27N5O3/c1-3-21(4-2)11-14-9-19-17-16(10-20-23(17)12-14)18(25)22-6-8-26-15(13-22)5-7-24/h9-10,12,15,24H,3-8,11,13H2,1-2H3. The average molecular weight is 361 g/mol. The fourth-order valence-electron chi connectivity index (χ4n) is 3.24. The minimum atomic E-state index is -0.117. The molecule has 8 heteroatoms. The predicted molar refractivity (Wildman–Crippen MR) is 97.0 cm³/mol. The highest BCUT2D eigenvalue weighted by Crippen LogP contribution is 2.16. The molecule has 1 fully saturated rings. The van der Waals surface area contributed by atoms with E-state index in [0.29, 0.717) is 37.3 Å². The molecular formula is C18H27N5O3. The zero-order chi connectivity index (χ0) is 18.5. The van der Waals surface area contributed by atoms with E-state index in [2.05, 4.69) is 28.8 Å². The molecule has 1 unspecified atom stereocenters. The number of aromatic nitrogens is 3. The number of hydrogen-bond donors (Lipinski definition) is 1. The van der Waals surface area contributed by atoms with Gasteiger partial charge < -0.3 is 14.7 Å². The van der Waals surface area contributed by atoms with Gasteiger partial charge in [-0.05, 0) is 19.5 Å². The number of morpholine rings is 1. The molecule has 2 aromatic heterocycles. The van der Waals surface area contributed by atoms with Gasteiger partial charge in [-0.25, -0.2) is 9.50 Å². The summed E-state index contributed by atoms with van der Waals surface area (Å²) in [6.45, 7) is 8.59. The van der Waals surface area contributed by atoms with Crippen LogP contribution in [0.1, 0.15) is 36.2 Å². The maximum atomic E-state index is 12.9. The lowest BCUT2D eigenvalue weighted by Crippen LogP contribution is -2.45. The Morgan fingerprint density at radius 2 is 2.19 bits per heavy atom. The molecule has 8 nitrogen and oxygen atoms in total. The van der Waals surface area contributed by atoms with Gasteiger partial charge in [0.15, 0.2) is 5.65 Å². The second-order valence-corrected chi connectivity index (χ2v) is 6.51. The molecule has 0 radical (unpaired) electrons. The summed E-state index contributed by atoms with van der Waals surface area (Å²) in [5.41, 5.74) is 2.14. The van der Waals surface area contributed by atoms with Crippen LogP contribution < -0.4 is 0 Å². The smallest absolute Gasteiger partial charge is 0.259 e. The molecule has 142 valence electrons. The van der Waals surface area contributed by atoms with Gasteiger partial charge in [-0.3, -0.25) is 9.69 Å². The van der Waals surface area contributed by atoms with Crippen molar-refractivity contribution in [3.8, 4) is 0 Å². The number of fused-ring (bicyclic) bond motifs is 1. The van der Waals surface area contributed by atoms with Gasteiger partial charge in [-0.15, -0.1) is 0 Å². The number of hydrogen-bond acceptors (Lipinski definition) is 6. The quantitative estimate of drug-likeness (QED) is 0.785. The highest BCUT2D eigenvalue weighted by Gasteiger charge is 2.27. The van der Waals surface area contributed by atoms with Crippen LogP contribution in [0.2, 0.25) is 0 Å². The van der Waals surface area contributed by atoms with Gasteiger partial charge in [0.1, 0.15) is 5.56 Å². The Labute approximate surface area is 153 Å². The Bertz CT molecular complexity index is 742. The zero-order valence-electron chi connectivity index (χ0n) is 15.5. The lowest BCUT2D eigenvalue weighted by molar-refractivity contribution is -0.0306. The summed E-state index contributed by atoms with van der Waals surface area (Å²) in [4.78, 5) is 21.4. The molecule has 1 atom stereocenters. The van der Waals surface area contributed by atoms with Crippen LogP contribution in [0.4, 0.5) is 0 Å². The van der Waals surface area contributed by atoms with Crippen LogP contribution in [0.5, 0.6) is 0 Å². The molecule has 0 aliphatic carbocycles. The van der Waals surface area contributed by atoms with Crippen molar-refractivity contribution in [1.82, 2.24) is 24.4 Å². The summed E-state index contributed by atoms with van der Waals surface area (Å²) >= 11 is 0. The highest BCUT2D eigenvalue weighted by atomic mass is 16.5. The molecule has 0 bridgehead atoms. The second kappa shape index (κ2) is 8.57. The van der Waals surface area contributed by atoms with E-state index in [0.717, 1.165) is 25.2 Å². The Hall–Kier alpha value is -2.03. The van der Waals surface area contributed by atoms with E-state index in [1.165, 1.54) is 0 Å². The van der Waals surface area contributed by atoms with Gasteiger partial charge in [0.05, 0.1) is 18.9 Å². The van der Waals surface area contributed by atoms with Gasteiger partial charge in [0, 0.05) is 44.2 Å². The highest BCUT2D eigenvalue weighted by molar-refractivity contribution is 5.99. The predicted octanol–water partition coefficient (Wildman–Crippen LogP) is 0.795. The van der Waals surface area contributed by atoms with E-state index in [1.54, 1.807) is 15.6 Å². The summed E-state index contributed by atoms with van der Waals surface area (Å²) < 4.78 is 7.26. The largest absolute Gasteiger partial charge is 0.396 e. The van der Waals surface area contributed by atoms with Crippen molar-refractivity contribution in [3.05, 3.63) is 29.7 Å². The summed E-state index contributed by atoms with van der Waals surface area (Å²) in [6, 6.07) is 0.